The quantitative estimate of drug-likeness (QED) is 0.466. The predicted octanol–water partition coefficient (Wildman–Crippen LogP) is 5.87. The highest BCUT2D eigenvalue weighted by Gasteiger charge is 2.45. The molecular formula is C22H21F3N4OS2. The van der Waals surface area contributed by atoms with Crippen LogP contribution in [0.4, 0.5) is 23.7 Å². The molecule has 2 amide bonds. The Kier molecular flexibility index (Phi) is 6.43. The third-order valence-corrected chi connectivity index (χ3v) is 7.43. The van der Waals surface area contributed by atoms with Gasteiger partial charge in [0.25, 0.3) is 6.43 Å². The summed E-state index contributed by atoms with van der Waals surface area (Å²) in [5.74, 6) is -0.317. The van der Waals surface area contributed by atoms with Gasteiger partial charge in [-0.3, -0.25) is 0 Å². The van der Waals surface area contributed by atoms with E-state index in [9.17, 15) is 18.0 Å². The highest BCUT2D eigenvalue weighted by molar-refractivity contribution is 7.98. The maximum atomic E-state index is 14.4. The van der Waals surface area contributed by atoms with Crippen LogP contribution >= 0.6 is 23.3 Å². The standard InChI is InChI=1S/C22H21F3N4OS2/c1-13-3-5-15(10-16(13)23)22(20-26-12-27-32-20)7-8-29(11-22)21(30)28-17-9-14(19(24)25)4-6-18(17)31-2/h3-6,9-10,12,19H,7-8,11H2,1-2H3,(H,28,30)/t22-/m0/s1. The van der Waals surface area contributed by atoms with Crippen LogP contribution in [0.3, 0.4) is 0 Å². The van der Waals surface area contributed by atoms with E-state index in [0.29, 0.717) is 34.1 Å². The van der Waals surface area contributed by atoms with Gasteiger partial charge in [0.15, 0.2) is 0 Å². The van der Waals surface area contributed by atoms with Crippen LogP contribution in [0.15, 0.2) is 47.6 Å². The van der Waals surface area contributed by atoms with Gasteiger partial charge < -0.3 is 10.2 Å². The molecule has 5 nitrogen and oxygen atoms in total. The summed E-state index contributed by atoms with van der Waals surface area (Å²) in [4.78, 5) is 19.8. The number of aromatic nitrogens is 2. The number of halogens is 3. The van der Waals surface area contributed by atoms with Crippen molar-refractivity contribution in [2.75, 3.05) is 24.7 Å². The fraction of sp³-hybridized carbons (Fsp3) is 0.318. The molecular weight excluding hydrogens is 457 g/mol. The normalized spacial score (nSPS) is 18.4. The second-order valence-corrected chi connectivity index (χ2v) is 9.28. The van der Waals surface area contributed by atoms with E-state index in [0.717, 1.165) is 5.56 Å². The summed E-state index contributed by atoms with van der Waals surface area (Å²) in [6.45, 7) is 2.38. The minimum atomic E-state index is -2.63. The lowest BCUT2D eigenvalue weighted by Gasteiger charge is -2.28. The Bertz CT molecular complexity index is 1130. The number of carbonyl (C=O) groups excluding carboxylic acids is 1. The number of likely N-dealkylation sites (tertiary alicyclic amines) is 1. The van der Waals surface area contributed by atoms with Gasteiger partial charge in [-0.05, 0) is 60.5 Å². The first-order valence-corrected chi connectivity index (χ1v) is 11.9. The monoisotopic (exact) mass is 478 g/mol. The van der Waals surface area contributed by atoms with Crippen molar-refractivity contribution >= 4 is 35.0 Å². The van der Waals surface area contributed by atoms with Crippen molar-refractivity contribution in [1.29, 1.82) is 0 Å². The molecule has 2 heterocycles. The molecule has 4 rings (SSSR count). The van der Waals surface area contributed by atoms with Gasteiger partial charge in [0.1, 0.15) is 17.2 Å². The van der Waals surface area contributed by atoms with Crippen LogP contribution in [-0.4, -0.2) is 39.6 Å². The molecule has 1 fully saturated rings. The van der Waals surface area contributed by atoms with Crippen LogP contribution in [0.25, 0.3) is 0 Å². The molecule has 0 saturated carbocycles. The van der Waals surface area contributed by atoms with Crippen molar-refractivity contribution in [3.63, 3.8) is 0 Å². The maximum absolute atomic E-state index is 14.4. The summed E-state index contributed by atoms with van der Waals surface area (Å²) >= 11 is 2.59. The van der Waals surface area contributed by atoms with Crippen molar-refractivity contribution in [1.82, 2.24) is 14.3 Å². The Labute approximate surface area is 192 Å². The maximum Gasteiger partial charge on any atom is 0.321 e. The molecule has 1 aromatic heterocycles. The molecule has 3 aromatic rings. The number of hydrogen-bond acceptors (Lipinski definition) is 5. The van der Waals surface area contributed by atoms with Crippen LogP contribution < -0.4 is 5.32 Å². The van der Waals surface area contributed by atoms with Crippen LogP contribution in [0, 0.1) is 12.7 Å². The molecule has 10 heteroatoms. The Balaban J connectivity index is 1.62. The number of rotatable bonds is 5. The summed E-state index contributed by atoms with van der Waals surface area (Å²) in [5.41, 5.74) is 0.780. The summed E-state index contributed by atoms with van der Waals surface area (Å²) in [5, 5.41) is 3.49. The zero-order valence-electron chi connectivity index (χ0n) is 17.4. The number of nitrogens with one attached hydrogen (secondary N) is 1. The summed E-state index contributed by atoms with van der Waals surface area (Å²) in [6.07, 6.45) is 1.19. The first kappa shape index (κ1) is 22.6. The van der Waals surface area contributed by atoms with Gasteiger partial charge in [0.05, 0.1) is 11.1 Å². The van der Waals surface area contributed by atoms with E-state index in [4.69, 9.17) is 0 Å². The van der Waals surface area contributed by atoms with Crippen LogP contribution in [0.5, 0.6) is 0 Å². The van der Waals surface area contributed by atoms with Crippen molar-refractivity contribution in [2.24, 2.45) is 0 Å². The molecule has 0 radical (unpaired) electrons. The second-order valence-electron chi connectivity index (χ2n) is 7.65. The minimum absolute atomic E-state index is 0.155. The first-order valence-electron chi connectivity index (χ1n) is 9.90. The highest BCUT2D eigenvalue weighted by Crippen LogP contribution is 2.42. The average Bonchev–Trinajstić information content (AvgIpc) is 3.46. The second kappa shape index (κ2) is 9.11. The van der Waals surface area contributed by atoms with Crippen molar-refractivity contribution in [2.45, 2.75) is 30.1 Å². The number of hydrogen-bond donors (Lipinski definition) is 1. The molecule has 1 saturated heterocycles. The fourth-order valence-electron chi connectivity index (χ4n) is 3.94. The van der Waals surface area contributed by atoms with Gasteiger partial charge in [0, 0.05) is 23.5 Å². The number of amides is 2. The Hall–Kier alpha value is -2.59. The lowest BCUT2D eigenvalue weighted by Crippen LogP contribution is -2.37. The third-order valence-electron chi connectivity index (χ3n) is 5.77. The molecule has 1 aliphatic heterocycles. The Morgan fingerprint density at radius 3 is 2.75 bits per heavy atom. The summed E-state index contributed by atoms with van der Waals surface area (Å²) in [6, 6.07) is 8.91. The van der Waals surface area contributed by atoms with E-state index in [2.05, 4.69) is 14.7 Å². The van der Waals surface area contributed by atoms with Gasteiger partial charge in [-0.15, -0.1) is 11.8 Å². The number of alkyl halides is 2. The van der Waals surface area contributed by atoms with E-state index in [1.165, 1.54) is 47.8 Å². The summed E-state index contributed by atoms with van der Waals surface area (Å²) < 4.78 is 44.8. The minimum Gasteiger partial charge on any atom is -0.323 e. The largest absolute Gasteiger partial charge is 0.323 e. The topological polar surface area (TPSA) is 58.1 Å². The van der Waals surface area contributed by atoms with Crippen molar-refractivity contribution in [3.8, 4) is 0 Å². The third kappa shape index (κ3) is 4.21. The molecule has 1 atom stereocenters. The van der Waals surface area contributed by atoms with E-state index in [1.807, 2.05) is 12.3 Å². The number of thioether (sulfide) groups is 1. The summed E-state index contributed by atoms with van der Waals surface area (Å²) in [7, 11) is 0. The van der Waals surface area contributed by atoms with Crippen molar-refractivity contribution < 1.29 is 18.0 Å². The van der Waals surface area contributed by atoms with Crippen molar-refractivity contribution in [3.05, 3.63) is 70.2 Å². The van der Waals surface area contributed by atoms with Crippen LogP contribution in [-0.2, 0) is 5.41 Å². The fourth-order valence-corrected chi connectivity index (χ4v) is 5.23. The number of benzene rings is 2. The van der Waals surface area contributed by atoms with Gasteiger partial charge >= 0.3 is 6.03 Å². The average molecular weight is 479 g/mol. The molecule has 0 spiro atoms. The molecule has 1 N–H and O–H groups in total. The van der Waals surface area contributed by atoms with Crippen LogP contribution in [0.2, 0.25) is 0 Å². The first-order chi connectivity index (χ1) is 15.3. The van der Waals surface area contributed by atoms with E-state index in [-0.39, 0.29) is 17.9 Å². The zero-order chi connectivity index (χ0) is 22.9. The van der Waals surface area contributed by atoms with E-state index < -0.39 is 17.9 Å². The van der Waals surface area contributed by atoms with E-state index >= 15 is 0 Å². The number of anilines is 1. The molecule has 1 aliphatic rings. The molecule has 2 aromatic carbocycles. The molecule has 0 unspecified atom stereocenters. The Morgan fingerprint density at radius 2 is 2.09 bits per heavy atom. The smallest absolute Gasteiger partial charge is 0.321 e. The molecule has 0 aliphatic carbocycles. The van der Waals surface area contributed by atoms with Gasteiger partial charge in [0.2, 0.25) is 0 Å². The number of nitrogens with zero attached hydrogens (tertiary/aromatic N) is 3. The molecule has 0 bridgehead atoms. The Morgan fingerprint density at radius 1 is 1.28 bits per heavy atom. The predicted molar refractivity (Wildman–Crippen MR) is 120 cm³/mol. The molecule has 168 valence electrons. The zero-order valence-corrected chi connectivity index (χ0v) is 19.1. The highest BCUT2D eigenvalue weighted by atomic mass is 32.2. The van der Waals surface area contributed by atoms with Gasteiger partial charge in [-0.25, -0.2) is 22.9 Å². The van der Waals surface area contributed by atoms with E-state index in [1.54, 1.807) is 24.0 Å². The SMILES string of the molecule is CSc1ccc(C(F)F)cc1NC(=O)N1CC[C@](c2ccc(C)c(F)c2)(c2ncns2)C1. The van der Waals surface area contributed by atoms with Gasteiger partial charge in [-0.1, -0.05) is 18.2 Å². The van der Waals surface area contributed by atoms with Crippen LogP contribution in [0.1, 0.15) is 34.5 Å². The number of carbonyl (C=O) groups is 1. The van der Waals surface area contributed by atoms with Gasteiger partial charge in [-0.2, -0.15) is 4.37 Å². The number of urea groups is 1. The number of aryl methyl sites for hydroxylation is 1. The lowest BCUT2D eigenvalue weighted by molar-refractivity contribution is 0.151. The molecule has 32 heavy (non-hydrogen) atoms. The lowest BCUT2D eigenvalue weighted by atomic mass is 9.80.